The van der Waals surface area contributed by atoms with Crippen LogP contribution in [0.15, 0.2) is 81.6 Å². The van der Waals surface area contributed by atoms with Crippen LogP contribution < -0.4 is 5.49 Å². The van der Waals surface area contributed by atoms with E-state index in [1.54, 1.807) is 36.5 Å². The van der Waals surface area contributed by atoms with E-state index in [1.165, 1.54) is 34.9 Å². The van der Waals surface area contributed by atoms with E-state index >= 15 is 0 Å². The number of carbonyl (C=O) groups excluding carboxylic acids is 2. The van der Waals surface area contributed by atoms with E-state index in [-0.39, 0.29) is 38.3 Å². The first kappa shape index (κ1) is 19.0. The molecular weight excluding hydrogens is 388 g/mol. The summed E-state index contributed by atoms with van der Waals surface area (Å²) < 4.78 is 27.5. The second kappa shape index (κ2) is 6.93. The summed E-state index contributed by atoms with van der Waals surface area (Å²) in [5.41, 5.74) is 0.852. The van der Waals surface area contributed by atoms with Gasteiger partial charge in [-0.15, -0.1) is 0 Å². The number of nitrogens with zero attached hydrogens (tertiary/aromatic N) is 2. The van der Waals surface area contributed by atoms with Crippen molar-refractivity contribution in [3.05, 3.63) is 89.0 Å². The van der Waals surface area contributed by atoms with Crippen LogP contribution in [0.1, 0.15) is 40.1 Å². The number of hydrogen-bond acceptors (Lipinski definition) is 5. The number of hydrogen-bond donors (Lipinski definition) is 0. The Bertz CT molecular complexity index is 1330. The molecule has 0 radical (unpaired) electrons. The first-order chi connectivity index (χ1) is 13.8. The summed E-state index contributed by atoms with van der Waals surface area (Å²) in [5, 5.41) is 0. The van der Waals surface area contributed by atoms with Gasteiger partial charge in [0.25, 0.3) is 5.91 Å². The quantitative estimate of drug-likeness (QED) is 0.512. The van der Waals surface area contributed by atoms with E-state index < -0.39 is 15.7 Å². The van der Waals surface area contributed by atoms with Crippen LogP contribution in [0.5, 0.6) is 0 Å². The number of ketones is 1. The number of benzene rings is 2. The highest BCUT2D eigenvalue weighted by Gasteiger charge is 2.35. The van der Waals surface area contributed by atoms with Crippen molar-refractivity contribution in [1.29, 1.82) is 0 Å². The second-order valence-corrected chi connectivity index (χ2v) is 8.88. The molecule has 6 nitrogen and oxygen atoms in total. The highest BCUT2D eigenvalue weighted by molar-refractivity contribution is 7.91. The van der Waals surface area contributed by atoms with Crippen LogP contribution in [-0.2, 0) is 9.84 Å². The Morgan fingerprint density at radius 2 is 1.62 bits per heavy atom. The molecule has 4 rings (SSSR count). The third-order valence-electron chi connectivity index (χ3n) is 4.63. The average molecular weight is 406 g/mol. The Balaban J connectivity index is 1.88. The van der Waals surface area contributed by atoms with Gasteiger partial charge in [-0.25, -0.2) is 8.42 Å². The van der Waals surface area contributed by atoms with Crippen LogP contribution in [0.3, 0.4) is 0 Å². The molecule has 1 aliphatic heterocycles. The number of fused-ring (bicyclic) bond motifs is 2. The molecule has 29 heavy (non-hydrogen) atoms. The molecule has 0 atom stereocenters. The Morgan fingerprint density at radius 1 is 0.931 bits per heavy atom. The minimum atomic E-state index is -3.91. The van der Waals surface area contributed by atoms with Gasteiger partial charge in [0.1, 0.15) is 5.49 Å². The molecule has 2 aromatic carbocycles. The molecule has 0 spiro atoms. The van der Waals surface area contributed by atoms with Crippen molar-refractivity contribution in [1.82, 2.24) is 4.57 Å². The van der Waals surface area contributed by atoms with Gasteiger partial charge in [0.15, 0.2) is 5.78 Å². The molecule has 0 N–H and O–H groups in total. The van der Waals surface area contributed by atoms with Crippen LogP contribution in [0.4, 0.5) is 0 Å². The monoisotopic (exact) mass is 406 g/mol. The van der Waals surface area contributed by atoms with Gasteiger partial charge in [0.05, 0.1) is 9.79 Å². The molecule has 2 heterocycles. The van der Waals surface area contributed by atoms with E-state index in [2.05, 4.69) is 4.99 Å². The van der Waals surface area contributed by atoms with Crippen LogP contribution in [0.25, 0.3) is 0 Å². The summed E-state index contributed by atoms with van der Waals surface area (Å²) in [6.07, 6.45) is 1.58. The van der Waals surface area contributed by atoms with Crippen molar-refractivity contribution < 1.29 is 18.0 Å². The van der Waals surface area contributed by atoms with Crippen LogP contribution in [-0.4, -0.2) is 30.7 Å². The van der Waals surface area contributed by atoms with E-state index in [0.29, 0.717) is 5.49 Å². The van der Waals surface area contributed by atoms with Crippen molar-refractivity contribution >= 4 is 21.5 Å². The first-order valence-electron chi connectivity index (χ1n) is 9.10. The highest BCUT2D eigenvalue weighted by atomic mass is 32.2. The van der Waals surface area contributed by atoms with Gasteiger partial charge < -0.3 is 0 Å². The van der Waals surface area contributed by atoms with Gasteiger partial charge in [-0.2, -0.15) is 0 Å². The molecule has 146 valence electrons. The predicted molar refractivity (Wildman–Crippen MR) is 107 cm³/mol. The predicted octanol–water partition coefficient (Wildman–Crippen LogP) is 2.86. The largest absolute Gasteiger partial charge is 0.289 e. The summed E-state index contributed by atoms with van der Waals surface area (Å²) >= 11 is 0. The van der Waals surface area contributed by atoms with E-state index in [0.717, 1.165) is 0 Å². The highest BCUT2D eigenvalue weighted by Crippen LogP contribution is 2.34. The molecule has 1 aliphatic rings. The molecule has 3 aromatic rings. The van der Waals surface area contributed by atoms with Gasteiger partial charge in [-0.3, -0.25) is 19.1 Å². The smallest absolute Gasteiger partial charge is 0.263 e. The molecule has 0 saturated carbocycles. The van der Waals surface area contributed by atoms with E-state index in [4.69, 9.17) is 0 Å². The van der Waals surface area contributed by atoms with Crippen molar-refractivity contribution in [3.63, 3.8) is 0 Å². The average Bonchev–Trinajstić information content (AvgIpc) is 2.71. The molecule has 0 fully saturated rings. The molecule has 0 aliphatic carbocycles. The third-order valence-corrected chi connectivity index (χ3v) is 6.48. The molecular formula is C22H18N2O4S. The number of aromatic nitrogens is 1. The maximum atomic E-state index is 13.1. The Hall–Kier alpha value is -3.32. The lowest BCUT2D eigenvalue weighted by atomic mass is 10.0. The third kappa shape index (κ3) is 3.13. The fraction of sp³-hybridized carbons (Fsp3) is 0.136. The van der Waals surface area contributed by atoms with E-state index in [1.807, 2.05) is 13.8 Å². The number of rotatable bonds is 2. The lowest BCUT2D eigenvalue weighted by Crippen LogP contribution is -2.28. The summed E-state index contributed by atoms with van der Waals surface area (Å²) in [6.45, 7) is 3.80. The standard InChI is InChI=1S/C22H18N2O4S/c1-14(2)23-20-9-5-6-12-24(20)22(26)15-10-11-17-19(13-15)29(27,28)18-8-4-3-7-16(18)21(17)25/h3-14H,1-2H3. The minimum Gasteiger partial charge on any atom is -0.289 e. The maximum Gasteiger partial charge on any atom is 0.263 e. The summed E-state index contributed by atoms with van der Waals surface area (Å²) in [5.74, 6) is -0.790. The molecule has 1 aromatic heterocycles. The zero-order valence-corrected chi connectivity index (χ0v) is 16.7. The zero-order valence-electron chi connectivity index (χ0n) is 15.9. The van der Waals surface area contributed by atoms with Crippen molar-refractivity contribution in [2.45, 2.75) is 29.7 Å². The van der Waals surface area contributed by atoms with Crippen LogP contribution in [0.2, 0.25) is 0 Å². The first-order valence-corrected chi connectivity index (χ1v) is 10.6. The maximum absolute atomic E-state index is 13.1. The normalized spacial score (nSPS) is 15.1. The SMILES string of the molecule is CC(C)N=c1ccccn1C(=O)c1ccc2c(c1)S(=O)(=O)c1ccccc1C2=O. The number of carbonyl (C=O) groups is 2. The molecule has 0 unspecified atom stereocenters. The lowest BCUT2D eigenvalue weighted by Gasteiger charge is -2.19. The van der Waals surface area contributed by atoms with Crippen molar-refractivity contribution in [2.75, 3.05) is 0 Å². The Kier molecular flexibility index (Phi) is 4.55. The molecule has 0 bridgehead atoms. The lowest BCUT2D eigenvalue weighted by molar-refractivity contribution is 0.0952. The summed E-state index contributed by atoms with van der Waals surface area (Å²) in [7, 11) is -3.91. The molecule has 0 amide bonds. The second-order valence-electron chi connectivity index (χ2n) is 7.00. The van der Waals surface area contributed by atoms with E-state index in [9.17, 15) is 18.0 Å². The van der Waals surface area contributed by atoms with Crippen LogP contribution >= 0.6 is 0 Å². The Labute approximate surface area is 168 Å². The van der Waals surface area contributed by atoms with Gasteiger partial charge >= 0.3 is 0 Å². The Morgan fingerprint density at radius 3 is 2.38 bits per heavy atom. The van der Waals surface area contributed by atoms with Crippen molar-refractivity contribution in [3.8, 4) is 0 Å². The number of pyridine rings is 1. The van der Waals surface area contributed by atoms with Gasteiger partial charge in [-0.05, 0) is 56.3 Å². The van der Waals surface area contributed by atoms with Crippen molar-refractivity contribution in [2.24, 2.45) is 4.99 Å². The van der Waals surface area contributed by atoms with Gasteiger partial charge in [0, 0.05) is 28.9 Å². The van der Waals surface area contributed by atoms with Crippen LogP contribution in [0, 0.1) is 0 Å². The topological polar surface area (TPSA) is 85.6 Å². The zero-order chi connectivity index (χ0) is 20.8. The fourth-order valence-corrected chi connectivity index (χ4v) is 5.01. The fourth-order valence-electron chi connectivity index (χ4n) is 3.33. The summed E-state index contributed by atoms with van der Waals surface area (Å²) in [6, 6.07) is 15.4. The molecule has 0 saturated heterocycles. The molecule has 7 heteroatoms. The summed E-state index contributed by atoms with van der Waals surface area (Å²) in [4.78, 5) is 30.1. The van der Waals surface area contributed by atoms with Gasteiger partial charge in [0.2, 0.25) is 9.84 Å². The minimum absolute atomic E-state index is 0.0190. The van der Waals surface area contributed by atoms with Gasteiger partial charge in [-0.1, -0.05) is 18.2 Å². The number of sulfone groups is 1.